The molecular formula is C20H20N2O5. The van der Waals surface area contributed by atoms with Crippen molar-refractivity contribution in [3.8, 4) is 23.0 Å². The van der Waals surface area contributed by atoms with E-state index in [1.165, 1.54) is 11.0 Å². The number of hydrogen-bond donors (Lipinski definition) is 2. The largest absolute Gasteiger partial charge is 0.494 e. The predicted octanol–water partition coefficient (Wildman–Crippen LogP) is 4.00. The third-order valence-electron chi connectivity index (χ3n) is 3.96. The molecule has 0 atom stereocenters. The van der Waals surface area contributed by atoms with Crippen LogP contribution in [0, 0.1) is 0 Å². The van der Waals surface area contributed by atoms with Crippen molar-refractivity contribution in [3.05, 3.63) is 66.2 Å². The Kier molecular flexibility index (Phi) is 5.94. The van der Waals surface area contributed by atoms with E-state index in [1.807, 2.05) is 30.3 Å². The van der Waals surface area contributed by atoms with Crippen LogP contribution in [0.15, 0.2) is 65.2 Å². The Balaban J connectivity index is 1.46. The first-order chi connectivity index (χ1) is 13.1. The molecule has 0 bridgehead atoms. The van der Waals surface area contributed by atoms with Crippen LogP contribution >= 0.6 is 0 Å². The third kappa shape index (κ3) is 5.24. The van der Waals surface area contributed by atoms with E-state index in [0.29, 0.717) is 37.6 Å². The summed E-state index contributed by atoms with van der Waals surface area (Å²) in [5.74, 6) is 0.980. The minimum atomic E-state index is -0.946. The highest BCUT2D eigenvalue weighted by molar-refractivity contribution is 5.65. The number of amides is 1. The van der Waals surface area contributed by atoms with Crippen LogP contribution in [0.3, 0.4) is 0 Å². The molecule has 140 valence electrons. The van der Waals surface area contributed by atoms with Crippen LogP contribution in [0.2, 0.25) is 0 Å². The van der Waals surface area contributed by atoms with Gasteiger partial charge in [-0.1, -0.05) is 30.3 Å². The molecule has 27 heavy (non-hydrogen) atoms. The molecule has 0 saturated carbocycles. The average Bonchev–Trinajstić information content (AvgIpc) is 3.12. The smallest absolute Gasteiger partial charge is 0.407 e. The van der Waals surface area contributed by atoms with Gasteiger partial charge < -0.3 is 24.4 Å². The normalized spacial score (nSPS) is 10.5. The van der Waals surface area contributed by atoms with Crippen LogP contribution in [0.4, 0.5) is 4.79 Å². The van der Waals surface area contributed by atoms with E-state index in [2.05, 4.69) is 5.16 Å². The minimum absolute atomic E-state index is 0.163. The number of carboxylic acid groups (broad SMARTS) is 1. The fourth-order valence-corrected chi connectivity index (χ4v) is 2.61. The summed E-state index contributed by atoms with van der Waals surface area (Å²) in [5.41, 5.74) is 1.73. The van der Waals surface area contributed by atoms with Gasteiger partial charge in [0.25, 0.3) is 5.88 Å². The Morgan fingerprint density at radius 3 is 2.48 bits per heavy atom. The van der Waals surface area contributed by atoms with Gasteiger partial charge in [-0.3, -0.25) is 0 Å². The maximum Gasteiger partial charge on any atom is 0.407 e. The highest BCUT2D eigenvalue weighted by atomic mass is 16.5. The molecule has 1 heterocycles. The molecule has 7 nitrogen and oxygen atoms in total. The molecule has 0 saturated heterocycles. The van der Waals surface area contributed by atoms with Crippen molar-refractivity contribution in [1.29, 1.82) is 0 Å². The summed E-state index contributed by atoms with van der Waals surface area (Å²) in [5, 5.41) is 22.0. The highest BCUT2D eigenvalue weighted by Gasteiger charge is 2.12. The van der Waals surface area contributed by atoms with Crippen molar-refractivity contribution in [2.24, 2.45) is 0 Å². The molecule has 0 aliphatic rings. The Morgan fingerprint density at radius 2 is 1.85 bits per heavy atom. The second-order valence-electron chi connectivity index (χ2n) is 5.97. The van der Waals surface area contributed by atoms with Gasteiger partial charge in [-0.2, -0.15) is 0 Å². The van der Waals surface area contributed by atoms with Gasteiger partial charge in [-0.25, -0.2) is 4.79 Å². The molecular weight excluding hydrogens is 348 g/mol. The van der Waals surface area contributed by atoms with E-state index in [-0.39, 0.29) is 5.88 Å². The molecule has 0 aliphatic carbocycles. The van der Waals surface area contributed by atoms with Crippen molar-refractivity contribution >= 4 is 6.09 Å². The molecule has 0 aliphatic heterocycles. The molecule has 7 heteroatoms. The number of benzene rings is 2. The number of ether oxygens (including phenoxy) is 1. The molecule has 0 fully saturated rings. The SMILES string of the molecule is O=C(O)N(CCCOc1ccc(-c2cc(O)no2)cc1)Cc1ccccc1. The van der Waals surface area contributed by atoms with Crippen LogP contribution in [0.5, 0.6) is 11.6 Å². The van der Waals surface area contributed by atoms with Gasteiger partial charge in [-0.05, 0) is 41.4 Å². The average molecular weight is 368 g/mol. The summed E-state index contributed by atoms with van der Waals surface area (Å²) in [4.78, 5) is 12.8. The monoisotopic (exact) mass is 368 g/mol. The molecule has 0 radical (unpaired) electrons. The summed E-state index contributed by atoms with van der Waals surface area (Å²) in [6.45, 7) is 1.15. The van der Waals surface area contributed by atoms with Gasteiger partial charge >= 0.3 is 6.09 Å². The lowest BCUT2D eigenvalue weighted by Crippen LogP contribution is -2.30. The number of hydrogen-bond acceptors (Lipinski definition) is 5. The Bertz CT molecular complexity index is 862. The predicted molar refractivity (Wildman–Crippen MR) is 98.6 cm³/mol. The Labute approximate surface area is 156 Å². The fraction of sp³-hybridized carbons (Fsp3) is 0.200. The van der Waals surface area contributed by atoms with Gasteiger partial charge in [0.15, 0.2) is 5.76 Å². The summed E-state index contributed by atoms with van der Waals surface area (Å²) in [7, 11) is 0. The van der Waals surface area contributed by atoms with E-state index in [1.54, 1.807) is 24.3 Å². The van der Waals surface area contributed by atoms with Crippen molar-refractivity contribution in [2.75, 3.05) is 13.2 Å². The van der Waals surface area contributed by atoms with Gasteiger partial charge in [0, 0.05) is 24.7 Å². The number of aromatic nitrogens is 1. The minimum Gasteiger partial charge on any atom is -0.494 e. The molecule has 2 N–H and O–H groups in total. The number of nitrogens with zero attached hydrogens (tertiary/aromatic N) is 2. The molecule has 0 spiro atoms. The summed E-state index contributed by atoms with van der Waals surface area (Å²) < 4.78 is 10.7. The zero-order valence-corrected chi connectivity index (χ0v) is 14.6. The first kappa shape index (κ1) is 18.3. The van der Waals surface area contributed by atoms with E-state index < -0.39 is 6.09 Å². The van der Waals surface area contributed by atoms with Crippen molar-refractivity contribution in [3.63, 3.8) is 0 Å². The third-order valence-corrected chi connectivity index (χ3v) is 3.96. The van der Waals surface area contributed by atoms with Crippen LogP contribution in [0.1, 0.15) is 12.0 Å². The van der Waals surface area contributed by atoms with Crippen LogP contribution < -0.4 is 4.74 Å². The fourth-order valence-electron chi connectivity index (χ4n) is 2.61. The second-order valence-corrected chi connectivity index (χ2v) is 5.97. The zero-order chi connectivity index (χ0) is 19.1. The van der Waals surface area contributed by atoms with Gasteiger partial charge in [0.2, 0.25) is 0 Å². The lowest BCUT2D eigenvalue weighted by molar-refractivity contribution is 0.138. The summed E-state index contributed by atoms with van der Waals surface area (Å²) in [6.07, 6.45) is -0.366. The first-order valence-electron chi connectivity index (χ1n) is 8.52. The Hall–Kier alpha value is -3.48. The van der Waals surface area contributed by atoms with Crippen LogP contribution in [-0.2, 0) is 6.54 Å². The zero-order valence-electron chi connectivity index (χ0n) is 14.6. The standard InChI is InChI=1S/C20H20N2O5/c23-19-13-18(27-21-19)16-7-9-17(10-8-16)26-12-4-11-22(20(24)25)14-15-5-2-1-3-6-15/h1-3,5-10,13H,4,11-12,14H2,(H,21,23)(H,24,25). The van der Waals surface area contributed by atoms with Crippen LogP contribution in [-0.4, -0.2) is 39.5 Å². The van der Waals surface area contributed by atoms with E-state index in [9.17, 15) is 15.0 Å². The van der Waals surface area contributed by atoms with E-state index in [0.717, 1.165) is 11.1 Å². The number of carbonyl (C=O) groups is 1. The molecule has 0 unspecified atom stereocenters. The quantitative estimate of drug-likeness (QED) is 0.584. The topological polar surface area (TPSA) is 96.0 Å². The molecule has 3 rings (SSSR count). The first-order valence-corrected chi connectivity index (χ1v) is 8.52. The maximum absolute atomic E-state index is 11.4. The lowest BCUT2D eigenvalue weighted by atomic mass is 10.2. The molecule has 1 aromatic heterocycles. The molecule has 3 aromatic rings. The summed E-state index contributed by atoms with van der Waals surface area (Å²) in [6, 6.07) is 18.1. The van der Waals surface area contributed by atoms with Crippen molar-refractivity contribution in [1.82, 2.24) is 10.1 Å². The van der Waals surface area contributed by atoms with E-state index in [4.69, 9.17) is 9.26 Å². The van der Waals surface area contributed by atoms with Crippen LogP contribution in [0.25, 0.3) is 11.3 Å². The number of aromatic hydroxyl groups is 1. The number of rotatable bonds is 8. The lowest BCUT2D eigenvalue weighted by Gasteiger charge is -2.19. The second kappa shape index (κ2) is 8.75. The Morgan fingerprint density at radius 1 is 1.11 bits per heavy atom. The van der Waals surface area contributed by atoms with Gasteiger partial charge in [-0.15, -0.1) is 0 Å². The van der Waals surface area contributed by atoms with Gasteiger partial charge in [0.1, 0.15) is 5.75 Å². The van der Waals surface area contributed by atoms with Crippen molar-refractivity contribution < 1.29 is 24.3 Å². The molecule has 2 aromatic carbocycles. The maximum atomic E-state index is 11.4. The molecule has 1 amide bonds. The van der Waals surface area contributed by atoms with E-state index >= 15 is 0 Å². The summed E-state index contributed by atoms with van der Waals surface area (Å²) >= 11 is 0. The highest BCUT2D eigenvalue weighted by Crippen LogP contribution is 2.25. The van der Waals surface area contributed by atoms with Crippen molar-refractivity contribution in [2.45, 2.75) is 13.0 Å². The van der Waals surface area contributed by atoms with Gasteiger partial charge in [0.05, 0.1) is 6.61 Å².